The Kier molecular flexibility index (Phi) is 4.91. The summed E-state index contributed by atoms with van der Waals surface area (Å²) in [4.78, 5) is 23.1. The van der Waals surface area contributed by atoms with Crippen molar-refractivity contribution in [1.29, 1.82) is 0 Å². The van der Waals surface area contributed by atoms with Gasteiger partial charge in [-0.2, -0.15) is 0 Å². The minimum atomic E-state index is 0. The van der Waals surface area contributed by atoms with Gasteiger partial charge in [0.1, 0.15) is 12.5 Å². The zero-order valence-corrected chi connectivity index (χ0v) is 14.1. The third kappa shape index (κ3) is 3.32. The summed E-state index contributed by atoms with van der Waals surface area (Å²) in [5.41, 5.74) is 1.72. The first-order valence-electron chi connectivity index (χ1n) is 8.00. The van der Waals surface area contributed by atoms with Crippen molar-refractivity contribution in [2.24, 2.45) is 11.3 Å². The van der Waals surface area contributed by atoms with Crippen molar-refractivity contribution in [3.05, 3.63) is 36.7 Å². The lowest BCUT2D eigenvalue weighted by Crippen LogP contribution is -2.36. The second-order valence-electron chi connectivity index (χ2n) is 6.52. The SMILES string of the molecule is Cl.O=C(C1CC12CCNCC2)N(Cc1cocn1)Cc1cocn1. The molecule has 3 heterocycles. The number of hydrogen-bond acceptors (Lipinski definition) is 6. The smallest absolute Gasteiger partial charge is 0.226 e. The number of piperidine rings is 1. The van der Waals surface area contributed by atoms with Crippen molar-refractivity contribution in [3.63, 3.8) is 0 Å². The topological polar surface area (TPSA) is 84.4 Å². The zero-order valence-electron chi connectivity index (χ0n) is 13.3. The van der Waals surface area contributed by atoms with Crippen LogP contribution in [0.4, 0.5) is 0 Å². The molecular formula is C16H21ClN4O3. The summed E-state index contributed by atoms with van der Waals surface area (Å²) in [6.07, 6.45) is 9.11. The van der Waals surface area contributed by atoms with Gasteiger partial charge in [-0.25, -0.2) is 9.97 Å². The molecule has 4 rings (SSSR count). The molecule has 2 aromatic rings. The number of oxazole rings is 2. The predicted octanol–water partition coefficient (Wildman–Crippen LogP) is 2.00. The molecule has 1 N–H and O–H groups in total. The van der Waals surface area contributed by atoms with Gasteiger partial charge < -0.3 is 19.1 Å². The molecule has 0 bridgehead atoms. The second-order valence-corrected chi connectivity index (χ2v) is 6.52. The first kappa shape index (κ1) is 17.0. The summed E-state index contributed by atoms with van der Waals surface area (Å²) < 4.78 is 10.0. The van der Waals surface area contributed by atoms with Crippen LogP contribution in [-0.2, 0) is 17.9 Å². The van der Waals surface area contributed by atoms with Gasteiger partial charge in [-0.15, -0.1) is 12.4 Å². The largest absolute Gasteiger partial charge is 0.451 e. The van der Waals surface area contributed by atoms with Crippen LogP contribution in [0.5, 0.6) is 0 Å². The Morgan fingerprint density at radius 3 is 2.25 bits per heavy atom. The highest BCUT2D eigenvalue weighted by Gasteiger charge is 2.58. The van der Waals surface area contributed by atoms with Crippen molar-refractivity contribution in [2.75, 3.05) is 13.1 Å². The van der Waals surface area contributed by atoms with E-state index in [2.05, 4.69) is 15.3 Å². The molecule has 2 fully saturated rings. The summed E-state index contributed by atoms with van der Waals surface area (Å²) in [5, 5.41) is 3.37. The number of rotatable bonds is 5. The molecule has 1 aliphatic carbocycles. The first-order chi connectivity index (χ1) is 11.3. The number of carbonyl (C=O) groups is 1. The van der Waals surface area contributed by atoms with Gasteiger partial charge in [-0.3, -0.25) is 4.79 Å². The zero-order chi connectivity index (χ0) is 15.7. The Morgan fingerprint density at radius 2 is 1.75 bits per heavy atom. The maximum atomic E-state index is 13.0. The summed E-state index contributed by atoms with van der Waals surface area (Å²) in [6.45, 7) is 2.90. The molecule has 1 amide bonds. The molecule has 24 heavy (non-hydrogen) atoms. The van der Waals surface area contributed by atoms with Gasteiger partial charge in [-0.05, 0) is 37.8 Å². The molecule has 7 nitrogen and oxygen atoms in total. The number of nitrogens with one attached hydrogen (secondary N) is 1. The number of halogens is 1. The molecule has 2 aromatic heterocycles. The monoisotopic (exact) mass is 352 g/mol. The van der Waals surface area contributed by atoms with Crippen molar-refractivity contribution < 1.29 is 13.6 Å². The highest BCUT2D eigenvalue weighted by Crippen LogP contribution is 2.59. The molecule has 1 saturated heterocycles. The van der Waals surface area contributed by atoms with Crippen LogP contribution >= 0.6 is 12.4 Å². The minimum Gasteiger partial charge on any atom is -0.451 e. The summed E-state index contributed by atoms with van der Waals surface area (Å²) in [6, 6.07) is 0. The second kappa shape index (κ2) is 6.94. The van der Waals surface area contributed by atoms with Crippen LogP contribution in [0.25, 0.3) is 0 Å². The van der Waals surface area contributed by atoms with E-state index in [0.29, 0.717) is 13.1 Å². The molecule has 1 aliphatic heterocycles. The van der Waals surface area contributed by atoms with Crippen LogP contribution in [0.3, 0.4) is 0 Å². The molecule has 8 heteroatoms. The lowest BCUT2D eigenvalue weighted by molar-refractivity contribution is -0.135. The molecular weight excluding hydrogens is 332 g/mol. The maximum absolute atomic E-state index is 13.0. The molecule has 2 aliphatic rings. The van der Waals surface area contributed by atoms with E-state index < -0.39 is 0 Å². The third-order valence-electron chi connectivity index (χ3n) is 5.07. The average molecular weight is 353 g/mol. The van der Waals surface area contributed by atoms with E-state index in [-0.39, 0.29) is 29.6 Å². The van der Waals surface area contributed by atoms with Crippen molar-refractivity contribution in [2.45, 2.75) is 32.4 Å². The molecule has 0 radical (unpaired) electrons. The van der Waals surface area contributed by atoms with Gasteiger partial charge >= 0.3 is 0 Å². The summed E-state index contributed by atoms with van der Waals surface area (Å²) >= 11 is 0. The number of amides is 1. The molecule has 1 spiro atoms. The van der Waals surface area contributed by atoms with E-state index in [0.717, 1.165) is 43.7 Å². The van der Waals surface area contributed by atoms with E-state index in [1.807, 2.05) is 4.90 Å². The van der Waals surface area contributed by atoms with Crippen molar-refractivity contribution >= 4 is 18.3 Å². The lowest BCUT2D eigenvalue weighted by Gasteiger charge is -2.26. The van der Waals surface area contributed by atoms with Crippen molar-refractivity contribution in [3.8, 4) is 0 Å². The average Bonchev–Trinajstić information content (AvgIpc) is 2.99. The number of hydrogen-bond donors (Lipinski definition) is 1. The highest BCUT2D eigenvalue weighted by atomic mass is 35.5. The predicted molar refractivity (Wildman–Crippen MR) is 87.2 cm³/mol. The molecule has 1 atom stereocenters. The standard InChI is InChI=1S/C16H20N4O3.ClH/c21-15(14-5-16(14)1-3-17-4-2-16)20(6-12-8-22-10-18-12)7-13-9-23-11-19-13;/h8-11,14,17H,1-7H2;1H. The van der Waals surface area contributed by atoms with E-state index in [1.54, 1.807) is 12.5 Å². The molecule has 130 valence electrons. The summed E-state index contributed by atoms with van der Waals surface area (Å²) in [7, 11) is 0. The van der Waals surface area contributed by atoms with E-state index in [9.17, 15) is 4.79 Å². The van der Waals surface area contributed by atoms with Gasteiger partial charge in [0.25, 0.3) is 0 Å². The fourth-order valence-electron chi connectivity index (χ4n) is 3.63. The Bertz CT molecular complexity index is 617. The van der Waals surface area contributed by atoms with Crippen LogP contribution in [-0.4, -0.2) is 33.9 Å². The van der Waals surface area contributed by atoms with Crippen LogP contribution < -0.4 is 5.32 Å². The van der Waals surface area contributed by atoms with Crippen LogP contribution in [0.15, 0.2) is 34.1 Å². The molecule has 1 unspecified atom stereocenters. The Labute approximate surface area is 146 Å². The quantitative estimate of drug-likeness (QED) is 0.886. The molecule has 1 saturated carbocycles. The normalized spacial score (nSPS) is 21.2. The van der Waals surface area contributed by atoms with Gasteiger partial charge in [-0.1, -0.05) is 0 Å². The lowest BCUT2D eigenvalue weighted by atomic mass is 9.91. The van der Waals surface area contributed by atoms with E-state index in [1.165, 1.54) is 12.8 Å². The highest BCUT2D eigenvalue weighted by molar-refractivity contribution is 5.85. The number of aromatic nitrogens is 2. The number of nitrogens with zero attached hydrogens (tertiary/aromatic N) is 3. The Hall–Kier alpha value is -1.86. The first-order valence-corrected chi connectivity index (χ1v) is 8.00. The van der Waals surface area contributed by atoms with Gasteiger partial charge in [0, 0.05) is 5.92 Å². The number of carbonyl (C=O) groups excluding carboxylic acids is 1. The van der Waals surface area contributed by atoms with Crippen LogP contribution in [0.2, 0.25) is 0 Å². The van der Waals surface area contributed by atoms with E-state index >= 15 is 0 Å². The van der Waals surface area contributed by atoms with Crippen molar-refractivity contribution in [1.82, 2.24) is 20.2 Å². The Balaban J connectivity index is 0.00000169. The van der Waals surface area contributed by atoms with Crippen LogP contribution in [0, 0.1) is 11.3 Å². The summed E-state index contributed by atoms with van der Waals surface area (Å²) in [5.74, 6) is 0.321. The Morgan fingerprint density at radius 1 is 1.17 bits per heavy atom. The molecule has 0 aromatic carbocycles. The fourth-order valence-corrected chi connectivity index (χ4v) is 3.63. The van der Waals surface area contributed by atoms with Gasteiger partial charge in [0.15, 0.2) is 12.8 Å². The third-order valence-corrected chi connectivity index (χ3v) is 5.07. The fraction of sp³-hybridized carbons (Fsp3) is 0.562. The minimum absolute atomic E-state index is 0. The van der Waals surface area contributed by atoms with Crippen LogP contribution in [0.1, 0.15) is 30.7 Å². The van der Waals surface area contributed by atoms with Gasteiger partial charge in [0.2, 0.25) is 5.91 Å². The maximum Gasteiger partial charge on any atom is 0.226 e. The van der Waals surface area contributed by atoms with E-state index in [4.69, 9.17) is 8.83 Å². The van der Waals surface area contributed by atoms with Gasteiger partial charge in [0.05, 0.1) is 24.5 Å².